The molecule has 0 amide bonds. The molecular formula is C12H18O2. The number of aliphatic hydroxyl groups is 1. The molecule has 0 aliphatic heterocycles. The van der Waals surface area contributed by atoms with Crippen LogP contribution in [0.25, 0.3) is 0 Å². The molecule has 1 N–H and O–H groups in total. The Morgan fingerprint density at radius 3 is 2.79 bits per heavy atom. The van der Waals surface area contributed by atoms with Crippen LogP contribution in [0.2, 0.25) is 0 Å². The predicted octanol–water partition coefficient (Wildman–Crippen LogP) is 2.68. The average Bonchev–Trinajstić information content (AvgIpc) is 2.56. The molecule has 0 radical (unpaired) electrons. The van der Waals surface area contributed by atoms with E-state index in [0.717, 1.165) is 30.8 Å². The van der Waals surface area contributed by atoms with E-state index in [9.17, 15) is 5.11 Å². The summed E-state index contributed by atoms with van der Waals surface area (Å²) in [5.41, 5.74) is 0. The highest BCUT2D eigenvalue weighted by Crippen LogP contribution is 2.27. The Hall–Kier alpha value is -0.760. The van der Waals surface area contributed by atoms with Gasteiger partial charge in [-0.15, -0.1) is 0 Å². The normalized spacial score (nSPS) is 27.9. The van der Waals surface area contributed by atoms with E-state index in [-0.39, 0.29) is 6.10 Å². The Bertz CT molecular complexity index is 290. The summed E-state index contributed by atoms with van der Waals surface area (Å²) in [5, 5.41) is 9.80. The Kier molecular flexibility index (Phi) is 2.92. The third-order valence-electron chi connectivity index (χ3n) is 3.13. The molecule has 2 nitrogen and oxygen atoms in total. The summed E-state index contributed by atoms with van der Waals surface area (Å²) >= 11 is 0. The van der Waals surface area contributed by atoms with Crippen LogP contribution in [0.15, 0.2) is 16.5 Å². The van der Waals surface area contributed by atoms with Crippen LogP contribution in [0.1, 0.15) is 37.2 Å². The zero-order valence-electron chi connectivity index (χ0n) is 8.70. The monoisotopic (exact) mass is 194 g/mol. The van der Waals surface area contributed by atoms with Gasteiger partial charge in [0, 0.05) is 6.42 Å². The summed E-state index contributed by atoms with van der Waals surface area (Å²) in [6, 6.07) is 4.02. The summed E-state index contributed by atoms with van der Waals surface area (Å²) in [6.07, 6.45) is 5.31. The second kappa shape index (κ2) is 4.18. The molecule has 1 aromatic rings. The van der Waals surface area contributed by atoms with Crippen LogP contribution < -0.4 is 0 Å². The lowest BCUT2D eigenvalue weighted by Gasteiger charge is -2.26. The number of hydrogen-bond donors (Lipinski definition) is 1. The van der Waals surface area contributed by atoms with Crippen molar-refractivity contribution in [2.24, 2.45) is 5.92 Å². The first-order valence-electron chi connectivity index (χ1n) is 5.49. The molecule has 1 saturated carbocycles. The molecule has 1 aromatic heterocycles. The van der Waals surface area contributed by atoms with Crippen molar-refractivity contribution in [2.75, 3.05) is 0 Å². The van der Waals surface area contributed by atoms with Crippen LogP contribution >= 0.6 is 0 Å². The molecular weight excluding hydrogens is 176 g/mol. The van der Waals surface area contributed by atoms with E-state index in [2.05, 4.69) is 0 Å². The molecule has 1 heterocycles. The zero-order chi connectivity index (χ0) is 9.97. The van der Waals surface area contributed by atoms with Crippen molar-refractivity contribution in [1.29, 1.82) is 0 Å². The van der Waals surface area contributed by atoms with E-state index in [0.29, 0.717) is 5.92 Å². The quantitative estimate of drug-likeness (QED) is 0.785. The molecule has 1 aliphatic rings. The third kappa shape index (κ3) is 2.18. The Morgan fingerprint density at radius 1 is 1.36 bits per heavy atom. The van der Waals surface area contributed by atoms with Gasteiger partial charge in [0.1, 0.15) is 11.5 Å². The molecule has 2 unspecified atom stereocenters. The molecule has 0 aromatic carbocycles. The first-order valence-corrected chi connectivity index (χ1v) is 5.49. The Balaban J connectivity index is 1.95. The van der Waals surface area contributed by atoms with E-state index >= 15 is 0 Å². The maximum absolute atomic E-state index is 9.80. The standard InChI is InChI=1S/C12H18O2/c1-9-6-7-11(14-9)8-10-4-2-3-5-12(10)13/h6-7,10,12-13H,2-5,8H2,1H3. The fraction of sp³-hybridized carbons (Fsp3) is 0.667. The van der Waals surface area contributed by atoms with Crippen LogP contribution in [0.4, 0.5) is 0 Å². The lowest BCUT2D eigenvalue weighted by atomic mass is 9.84. The highest BCUT2D eigenvalue weighted by atomic mass is 16.3. The average molecular weight is 194 g/mol. The van der Waals surface area contributed by atoms with E-state index < -0.39 is 0 Å². The van der Waals surface area contributed by atoms with Crippen molar-refractivity contribution >= 4 is 0 Å². The minimum atomic E-state index is -0.117. The molecule has 0 spiro atoms. The van der Waals surface area contributed by atoms with Crippen LogP contribution in [0.5, 0.6) is 0 Å². The largest absolute Gasteiger partial charge is 0.466 e. The summed E-state index contributed by atoms with van der Waals surface area (Å²) in [6.45, 7) is 1.96. The summed E-state index contributed by atoms with van der Waals surface area (Å²) in [4.78, 5) is 0. The van der Waals surface area contributed by atoms with Crippen molar-refractivity contribution < 1.29 is 9.52 Å². The fourth-order valence-corrected chi connectivity index (χ4v) is 2.28. The van der Waals surface area contributed by atoms with Crippen LogP contribution in [0, 0.1) is 12.8 Å². The smallest absolute Gasteiger partial charge is 0.104 e. The molecule has 2 heteroatoms. The highest BCUT2D eigenvalue weighted by molar-refractivity contribution is 5.06. The van der Waals surface area contributed by atoms with Crippen LogP contribution in [-0.2, 0) is 6.42 Å². The van der Waals surface area contributed by atoms with Gasteiger partial charge in [0.15, 0.2) is 0 Å². The zero-order valence-corrected chi connectivity index (χ0v) is 8.70. The van der Waals surface area contributed by atoms with Crippen molar-refractivity contribution in [1.82, 2.24) is 0 Å². The van der Waals surface area contributed by atoms with E-state index in [4.69, 9.17) is 4.42 Å². The second-order valence-electron chi connectivity index (χ2n) is 4.33. The maximum Gasteiger partial charge on any atom is 0.104 e. The van der Waals surface area contributed by atoms with Crippen LogP contribution in [-0.4, -0.2) is 11.2 Å². The highest BCUT2D eigenvalue weighted by Gasteiger charge is 2.23. The minimum Gasteiger partial charge on any atom is -0.466 e. The van der Waals surface area contributed by atoms with E-state index in [1.54, 1.807) is 0 Å². The van der Waals surface area contributed by atoms with Gasteiger partial charge in [0.2, 0.25) is 0 Å². The van der Waals surface area contributed by atoms with Gasteiger partial charge >= 0.3 is 0 Å². The van der Waals surface area contributed by atoms with Gasteiger partial charge in [-0.2, -0.15) is 0 Å². The number of aliphatic hydroxyl groups excluding tert-OH is 1. The van der Waals surface area contributed by atoms with Gasteiger partial charge in [0.05, 0.1) is 6.10 Å². The molecule has 14 heavy (non-hydrogen) atoms. The lowest BCUT2D eigenvalue weighted by Crippen LogP contribution is -2.25. The molecule has 0 bridgehead atoms. The first-order chi connectivity index (χ1) is 6.75. The van der Waals surface area contributed by atoms with Gasteiger partial charge in [-0.25, -0.2) is 0 Å². The topological polar surface area (TPSA) is 33.4 Å². The number of rotatable bonds is 2. The molecule has 78 valence electrons. The summed E-state index contributed by atoms with van der Waals surface area (Å²) in [5.74, 6) is 2.40. The third-order valence-corrected chi connectivity index (χ3v) is 3.13. The summed E-state index contributed by atoms with van der Waals surface area (Å²) in [7, 11) is 0. The Labute approximate surface area is 84.9 Å². The van der Waals surface area contributed by atoms with Crippen molar-refractivity contribution in [3.63, 3.8) is 0 Å². The molecule has 2 rings (SSSR count). The van der Waals surface area contributed by atoms with E-state index in [1.807, 2.05) is 19.1 Å². The predicted molar refractivity (Wildman–Crippen MR) is 55.1 cm³/mol. The molecule has 1 aliphatic carbocycles. The fourth-order valence-electron chi connectivity index (χ4n) is 2.28. The van der Waals surface area contributed by atoms with Crippen LogP contribution in [0.3, 0.4) is 0 Å². The van der Waals surface area contributed by atoms with Gasteiger partial charge in [-0.3, -0.25) is 0 Å². The lowest BCUT2D eigenvalue weighted by molar-refractivity contribution is 0.0672. The molecule has 0 saturated heterocycles. The number of furan rings is 1. The number of hydrogen-bond acceptors (Lipinski definition) is 2. The van der Waals surface area contributed by atoms with Crippen molar-refractivity contribution in [3.8, 4) is 0 Å². The molecule has 2 atom stereocenters. The second-order valence-corrected chi connectivity index (χ2v) is 4.33. The van der Waals surface area contributed by atoms with Gasteiger partial charge < -0.3 is 9.52 Å². The SMILES string of the molecule is Cc1ccc(CC2CCCCC2O)o1. The summed E-state index contributed by atoms with van der Waals surface area (Å²) < 4.78 is 5.52. The first kappa shape index (κ1) is 9.78. The van der Waals surface area contributed by atoms with Gasteiger partial charge in [0.25, 0.3) is 0 Å². The van der Waals surface area contributed by atoms with Crippen molar-refractivity contribution in [2.45, 2.75) is 45.1 Å². The Morgan fingerprint density at radius 2 is 2.14 bits per heavy atom. The maximum atomic E-state index is 9.80. The number of aryl methyl sites for hydroxylation is 1. The van der Waals surface area contributed by atoms with Crippen molar-refractivity contribution in [3.05, 3.63) is 23.7 Å². The van der Waals surface area contributed by atoms with E-state index in [1.165, 1.54) is 12.8 Å². The van der Waals surface area contributed by atoms with Gasteiger partial charge in [-0.1, -0.05) is 12.8 Å². The molecule has 1 fully saturated rings. The van der Waals surface area contributed by atoms with Gasteiger partial charge in [-0.05, 0) is 37.8 Å². The minimum absolute atomic E-state index is 0.117.